The van der Waals surface area contributed by atoms with Gasteiger partial charge in [0, 0.05) is 17.1 Å². The van der Waals surface area contributed by atoms with Gasteiger partial charge in [0.2, 0.25) is 0 Å². The van der Waals surface area contributed by atoms with Crippen LogP contribution < -0.4 is 10.6 Å². The summed E-state index contributed by atoms with van der Waals surface area (Å²) in [5, 5.41) is 16.1. The second-order valence-corrected chi connectivity index (χ2v) is 6.45. The van der Waals surface area contributed by atoms with Gasteiger partial charge >= 0.3 is 6.03 Å². The highest BCUT2D eigenvalue weighted by Gasteiger charge is 2.10. The Hall–Kier alpha value is -1.40. The zero-order valence-electron chi connectivity index (χ0n) is 12.3. The lowest BCUT2D eigenvalue weighted by molar-refractivity contribution is 0.175. The van der Waals surface area contributed by atoms with E-state index in [-0.39, 0.29) is 6.54 Å². The number of aliphatic hydroxyl groups excluding tert-OH is 1. The Bertz CT molecular complexity index is 680. The number of hydrogen-bond acceptors (Lipinski definition) is 3. The highest BCUT2D eigenvalue weighted by atomic mass is 35.5. The van der Waals surface area contributed by atoms with Crippen molar-refractivity contribution in [2.75, 3.05) is 18.1 Å². The van der Waals surface area contributed by atoms with E-state index < -0.39 is 12.1 Å². The maximum Gasteiger partial charge on any atom is 0.319 e. The summed E-state index contributed by atoms with van der Waals surface area (Å²) in [7, 11) is 0. The van der Waals surface area contributed by atoms with Crippen LogP contribution in [0.2, 0.25) is 10.0 Å². The summed E-state index contributed by atoms with van der Waals surface area (Å²) in [6.07, 6.45) is 1.21. The van der Waals surface area contributed by atoms with Gasteiger partial charge in [-0.1, -0.05) is 35.3 Å². The first kappa shape index (κ1) is 17.9. The third-order valence-electron chi connectivity index (χ3n) is 3.13. The molecule has 2 rings (SSSR count). The molecule has 4 nitrogen and oxygen atoms in total. The fraction of sp³-hybridized carbons (Fsp3) is 0.188. The van der Waals surface area contributed by atoms with Gasteiger partial charge in [0.05, 0.1) is 16.1 Å². The van der Waals surface area contributed by atoms with E-state index >= 15 is 0 Å². The van der Waals surface area contributed by atoms with E-state index in [9.17, 15) is 9.90 Å². The molecule has 0 aliphatic rings. The van der Waals surface area contributed by atoms with Crippen molar-refractivity contribution >= 4 is 46.7 Å². The fourth-order valence-electron chi connectivity index (χ4n) is 1.88. The van der Waals surface area contributed by atoms with Crippen LogP contribution in [0.3, 0.4) is 0 Å². The molecule has 0 aliphatic carbocycles. The van der Waals surface area contributed by atoms with Crippen LogP contribution in [0.5, 0.6) is 0 Å². The largest absolute Gasteiger partial charge is 0.387 e. The number of aliphatic hydroxyl groups is 1. The Balaban J connectivity index is 1.86. The lowest BCUT2D eigenvalue weighted by Gasteiger charge is -2.13. The van der Waals surface area contributed by atoms with E-state index in [1.807, 2.05) is 30.5 Å². The number of urea groups is 1. The second kappa shape index (κ2) is 8.45. The topological polar surface area (TPSA) is 61.4 Å². The quantitative estimate of drug-likeness (QED) is 0.675. The smallest absolute Gasteiger partial charge is 0.319 e. The minimum atomic E-state index is -0.773. The van der Waals surface area contributed by atoms with Gasteiger partial charge in [-0.15, -0.1) is 11.8 Å². The minimum absolute atomic E-state index is 0.103. The predicted molar refractivity (Wildman–Crippen MR) is 96.7 cm³/mol. The molecule has 2 aromatic carbocycles. The summed E-state index contributed by atoms with van der Waals surface area (Å²) < 4.78 is 0. The average molecular weight is 371 g/mol. The lowest BCUT2D eigenvalue weighted by Crippen LogP contribution is -2.32. The number of rotatable bonds is 5. The normalized spacial score (nSPS) is 11.8. The molecular weight excluding hydrogens is 355 g/mol. The Morgan fingerprint density at radius 3 is 2.48 bits per heavy atom. The van der Waals surface area contributed by atoms with E-state index in [2.05, 4.69) is 10.6 Å². The Kier molecular flexibility index (Phi) is 6.59. The number of carbonyl (C=O) groups is 1. The molecule has 122 valence electrons. The van der Waals surface area contributed by atoms with Crippen molar-refractivity contribution in [2.24, 2.45) is 0 Å². The Morgan fingerprint density at radius 2 is 1.87 bits per heavy atom. The molecule has 2 aromatic rings. The van der Waals surface area contributed by atoms with Crippen molar-refractivity contribution in [3.8, 4) is 0 Å². The van der Waals surface area contributed by atoms with E-state index in [0.717, 1.165) is 10.5 Å². The van der Waals surface area contributed by atoms with Crippen molar-refractivity contribution in [3.63, 3.8) is 0 Å². The molecule has 0 bridgehead atoms. The first-order chi connectivity index (χ1) is 11.0. The maximum atomic E-state index is 11.8. The van der Waals surface area contributed by atoms with Crippen LogP contribution in [0.4, 0.5) is 10.5 Å². The molecule has 0 aromatic heterocycles. The summed E-state index contributed by atoms with van der Waals surface area (Å²) in [6.45, 7) is 0.103. The number of anilines is 1. The first-order valence-electron chi connectivity index (χ1n) is 6.81. The summed E-state index contributed by atoms with van der Waals surface area (Å²) in [4.78, 5) is 12.9. The summed E-state index contributed by atoms with van der Waals surface area (Å²) in [5.41, 5.74) is 1.27. The summed E-state index contributed by atoms with van der Waals surface area (Å²) in [6, 6.07) is 11.9. The van der Waals surface area contributed by atoms with Gasteiger partial charge in [-0.3, -0.25) is 0 Å². The number of thioether (sulfide) groups is 1. The van der Waals surface area contributed by atoms with Crippen molar-refractivity contribution in [3.05, 3.63) is 58.1 Å². The molecule has 0 saturated carbocycles. The molecule has 2 amide bonds. The van der Waals surface area contributed by atoms with Gasteiger partial charge in [0.1, 0.15) is 0 Å². The Morgan fingerprint density at radius 1 is 1.17 bits per heavy atom. The van der Waals surface area contributed by atoms with Crippen molar-refractivity contribution in [2.45, 2.75) is 11.0 Å². The van der Waals surface area contributed by atoms with Gasteiger partial charge in [0.25, 0.3) is 0 Å². The van der Waals surface area contributed by atoms with Crippen LogP contribution in [0, 0.1) is 0 Å². The van der Waals surface area contributed by atoms with Gasteiger partial charge in [-0.25, -0.2) is 4.79 Å². The minimum Gasteiger partial charge on any atom is -0.387 e. The van der Waals surface area contributed by atoms with Gasteiger partial charge in [-0.2, -0.15) is 0 Å². The zero-order valence-corrected chi connectivity index (χ0v) is 14.7. The SMILES string of the molecule is CSc1ccc([C@H](O)CNC(=O)Nc2ccc(Cl)c(Cl)c2)cc1. The molecule has 1 atom stereocenters. The summed E-state index contributed by atoms with van der Waals surface area (Å²) in [5.74, 6) is 0. The predicted octanol–water partition coefficient (Wildman–Crippen LogP) is 4.57. The molecular formula is C16H16Cl2N2O2S. The van der Waals surface area contributed by atoms with E-state index in [4.69, 9.17) is 23.2 Å². The Labute approximate surface area is 149 Å². The molecule has 0 radical (unpaired) electrons. The van der Waals surface area contributed by atoms with E-state index in [1.165, 1.54) is 0 Å². The number of halogens is 2. The molecule has 7 heteroatoms. The van der Waals surface area contributed by atoms with Gasteiger partial charge in [-0.05, 0) is 42.2 Å². The number of carbonyl (C=O) groups excluding carboxylic acids is 1. The van der Waals surface area contributed by atoms with Gasteiger partial charge in [0.15, 0.2) is 0 Å². The lowest BCUT2D eigenvalue weighted by atomic mass is 10.1. The van der Waals surface area contributed by atoms with Crippen LogP contribution in [-0.2, 0) is 0 Å². The third kappa shape index (κ3) is 5.32. The van der Waals surface area contributed by atoms with Crippen molar-refractivity contribution in [1.82, 2.24) is 5.32 Å². The molecule has 0 spiro atoms. The van der Waals surface area contributed by atoms with Crippen LogP contribution in [0.25, 0.3) is 0 Å². The van der Waals surface area contributed by atoms with Crippen LogP contribution in [-0.4, -0.2) is 23.9 Å². The van der Waals surface area contributed by atoms with Crippen molar-refractivity contribution in [1.29, 1.82) is 0 Å². The highest BCUT2D eigenvalue weighted by molar-refractivity contribution is 7.98. The second-order valence-electron chi connectivity index (χ2n) is 4.75. The third-order valence-corrected chi connectivity index (χ3v) is 4.62. The molecule has 0 unspecified atom stereocenters. The maximum absolute atomic E-state index is 11.8. The molecule has 23 heavy (non-hydrogen) atoms. The van der Waals surface area contributed by atoms with Gasteiger partial charge < -0.3 is 15.7 Å². The number of hydrogen-bond donors (Lipinski definition) is 3. The number of amides is 2. The summed E-state index contributed by atoms with van der Waals surface area (Å²) >= 11 is 13.3. The average Bonchev–Trinajstić information content (AvgIpc) is 2.56. The fourth-order valence-corrected chi connectivity index (χ4v) is 2.59. The van der Waals surface area contributed by atoms with E-state index in [0.29, 0.717) is 15.7 Å². The van der Waals surface area contributed by atoms with E-state index in [1.54, 1.807) is 30.0 Å². The monoisotopic (exact) mass is 370 g/mol. The number of benzene rings is 2. The molecule has 3 N–H and O–H groups in total. The van der Waals surface area contributed by atoms with Crippen molar-refractivity contribution < 1.29 is 9.90 Å². The molecule has 0 fully saturated rings. The van der Waals surface area contributed by atoms with Crippen LogP contribution in [0.1, 0.15) is 11.7 Å². The van der Waals surface area contributed by atoms with Crippen LogP contribution >= 0.6 is 35.0 Å². The number of nitrogens with one attached hydrogen (secondary N) is 2. The van der Waals surface area contributed by atoms with Crippen LogP contribution in [0.15, 0.2) is 47.4 Å². The standard InChI is InChI=1S/C16H16Cl2N2O2S/c1-23-12-5-2-10(3-6-12)15(21)9-19-16(22)20-11-4-7-13(17)14(18)8-11/h2-8,15,21H,9H2,1H3,(H2,19,20,22)/t15-/m1/s1. The highest BCUT2D eigenvalue weighted by Crippen LogP contribution is 2.25. The molecule has 0 heterocycles. The first-order valence-corrected chi connectivity index (χ1v) is 8.79. The molecule has 0 saturated heterocycles. The zero-order chi connectivity index (χ0) is 16.8. The molecule has 0 aliphatic heterocycles.